The van der Waals surface area contributed by atoms with Gasteiger partial charge < -0.3 is 5.32 Å². The van der Waals surface area contributed by atoms with Crippen LogP contribution in [0.2, 0.25) is 0 Å². The molecule has 6 heteroatoms. The zero-order valence-electron chi connectivity index (χ0n) is 9.86. The number of nitrogens with zero attached hydrogens (tertiary/aromatic N) is 1. The predicted octanol–water partition coefficient (Wildman–Crippen LogP) is 3.93. The van der Waals surface area contributed by atoms with Gasteiger partial charge in [0.15, 0.2) is 0 Å². The Morgan fingerprint density at radius 1 is 1.16 bits per heavy atom. The number of urea groups is 1. The van der Waals surface area contributed by atoms with E-state index in [1.807, 2.05) is 24.3 Å². The largest absolute Gasteiger partial charge is 0.334 e. The van der Waals surface area contributed by atoms with Gasteiger partial charge in [0.1, 0.15) is 5.82 Å². The van der Waals surface area contributed by atoms with Gasteiger partial charge in [-0.3, -0.25) is 5.32 Å². The SMILES string of the molecule is O=C(NCc1cccc(Br)c1)Nc1cc(Br)ccn1. The maximum absolute atomic E-state index is 11.7. The number of benzene rings is 1. The molecular weight excluding hydrogens is 374 g/mol. The van der Waals surface area contributed by atoms with Crippen molar-refractivity contribution in [1.29, 1.82) is 0 Å². The van der Waals surface area contributed by atoms with Crippen molar-refractivity contribution in [3.63, 3.8) is 0 Å². The number of amides is 2. The number of hydrogen-bond acceptors (Lipinski definition) is 2. The van der Waals surface area contributed by atoms with E-state index in [4.69, 9.17) is 0 Å². The van der Waals surface area contributed by atoms with Gasteiger partial charge in [-0.2, -0.15) is 0 Å². The Morgan fingerprint density at radius 3 is 2.68 bits per heavy atom. The maximum Gasteiger partial charge on any atom is 0.320 e. The summed E-state index contributed by atoms with van der Waals surface area (Å²) in [5.41, 5.74) is 1.02. The summed E-state index contributed by atoms with van der Waals surface area (Å²) in [6.45, 7) is 0.458. The first-order valence-corrected chi connectivity index (χ1v) is 7.13. The molecule has 2 rings (SSSR count). The maximum atomic E-state index is 11.7. The number of carbonyl (C=O) groups is 1. The Bertz CT molecular complexity index is 590. The summed E-state index contributed by atoms with van der Waals surface area (Å²) in [5.74, 6) is 0.501. The van der Waals surface area contributed by atoms with Crippen molar-refractivity contribution in [2.45, 2.75) is 6.54 Å². The van der Waals surface area contributed by atoms with Crippen LogP contribution in [-0.2, 0) is 6.54 Å². The molecule has 0 spiro atoms. The fraction of sp³-hybridized carbons (Fsp3) is 0.0769. The van der Waals surface area contributed by atoms with E-state index in [0.29, 0.717) is 12.4 Å². The van der Waals surface area contributed by atoms with E-state index in [1.165, 1.54) is 0 Å². The second kappa shape index (κ2) is 6.68. The van der Waals surface area contributed by atoms with Gasteiger partial charge in [-0.25, -0.2) is 9.78 Å². The van der Waals surface area contributed by atoms with Crippen molar-refractivity contribution in [2.24, 2.45) is 0 Å². The number of nitrogens with one attached hydrogen (secondary N) is 2. The number of anilines is 1. The lowest BCUT2D eigenvalue weighted by atomic mass is 10.2. The van der Waals surface area contributed by atoms with Crippen LogP contribution in [0, 0.1) is 0 Å². The molecule has 2 amide bonds. The highest BCUT2D eigenvalue weighted by Gasteiger charge is 2.03. The fourth-order valence-electron chi connectivity index (χ4n) is 1.46. The Kier molecular flexibility index (Phi) is 4.93. The number of hydrogen-bond donors (Lipinski definition) is 2. The van der Waals surface area contributed by atoms with Gasteiger partial charge >= 0.3 is 6.03 Å². The van der Waals surface area contributed by atoms with Gasteiger partial charge in [-0.15, -0.1) is 0 Å². The van der Waals surface area contributed by atoms with Gasteiger partial charge in [-0.1, -0.05) is 44.0 Å². The summed E-state index contributed by atoms with van der Waals surface area (Å²) in [6, 6.07) is 11.0. The van der Waals surface area contributed by atoms with Crippen LogP contribution in [0.15, 0.2) is 51.5 Å². The highest BCUT2D eigenvalue weighted by atomic mass is 79.9. The molecule has 0 unspecified atom stereocenters. The van der Waals surface area contributed by atoms with Crippen LogP contribution in [0.1, 0.15) is 5.56 Å². The van der Waals surface area contributed by atoms with E-state index in [9.17, 15) is 4.79 Å². The van der Waals surface area contributed by atoms with Gasteiger partial charge in [-0.05, 0) is 29.8 Å². The van der Waals surface area contributed by atoms with Crippen LogP contribution in [-0.4, -0.2) is 11.0 Å². The van der Waals surface area contributed by atoms with Crippen LogP contribution < -0.4 is 10.6 Å². The van der Waals surface area contributed by atoms with Gasteiger partial charge in [0.2, 0.25) is 0 Å². The predicted molar refractivity (Wildman–Crippen MR) is 81.9 cm³/mol. The average molecular weight is 385 g/mol. The van der Waals surface area contributed by atoms with Gasteiger partial charge in [0.05, 0.1) is 0 Å². The van der Waals surface area contributed by atoms with E-state index in [1.54, 1.807) is 18.3 Å². The molecule has 0 bridgehead atoms. The van der Waals surface area contributed by atoms with Crippen molar-refractivity contribution in [2.75, 3.05) is 5.32 Å². The minimum absolute atomic E-state index is 0.287. The first-order valence-electron chi connectivity index (χ1n) is 5.54. The molecule has 1 aromatic heterocycles. The number of rotatable bonds is 3. The topological polar surface area (TPSA) is 54.0 Å². The van der Waals surface area contributed by atoms with Crippen molar-refractivity contribution in [3.05, 3.63) is 57.1 Å². The summed E-state index contributed by atoms with van der Waals surface area (Å²) in [7, 11) is 0. The molecule has 4 nitrogen and oxygen atoms in total. The standard InChI is InChI=1S/C13H11Br2N3O/c14-10-3-1-2-9(6-10)8-17-13(19)18-12-7-11(15)4-5-16-12/h1-7H,8H2,(H2,16,17,18,19). The molecule has 0 saturated carbocycles. The highest BCUT2D eigenvalue weighted by Crippen LogP contribution is 2.13. The summed E-state index contributed by atoms with van der Waals surface area (Å²) in [6.07, 6.45) is 1.62. The second-order valence-corrected chi connectivity index (χ2v) is 5.63. The zero-order valence-corrected chi connectivity index (χ0v) is 13.0. The lowest BCUT2D eigenvalue weighted by Crippen LogP contribution is -2.28. The second-order valence-electron chi connectivity index (χ2n) is 3.80. The number of halogens is 2. The molecule has 0 aliphatic carbocycles. The molecule has 2 N–H and O–H groups in total. The lowest BCUT2D eigenvalue weighted by Gasteiger charge is -2.07. The number of pyridine rings is 1. The Balaban J connectivity index is 1.88. The summed E-state index contributed by atoms with van der Waals surface area (Å²) < 4.78 is 1.85. The third-order valence-corrected chi connectivity index (χ3v) is 3.29. The molecule has 0 fully saturated rings. The third-order valence-electron chi connectivity index (χ3n) is 2.31. The molecule has 98 valence electrons. The molecule has 0 aliphatic heterocycles. The molecule has 0 radical (unpaired) electrons. The van der Waals surface area contributed by atoms with Gasteiger partial charge in [0, 0.05) is 21.7 Å². The Labute approximate surface area is 127 Å². The molecule has 0 saturated heterocycles. The first-order chi connectivity index (χ1) is 9.13. The molecule has 0 atom stereocenters. The summed E-state index contributed by atoms with van der Waals surface area (Å²) in [5, 5.41) is 5.43. The normalized spacial score (nSPS) is 10.0. The Hall–Kier alpha value is -1.40. The van der Waals surface area contributed by atoms with Crippen molar-refractivity contribution in [3.8, 4) is 0 Å². The van der Waals surface area contributed by atoms with Crippen molar-refractivity contribution in [1.82, 2.24) is 10.3 Å². The first kappa shape index (κ1) is 14.0. The van der Waals surface area contributed by atoms with E-state index < -0.39 is 0 Å². The molecule has 2 aromatic rings. The van der Waals surface area contributed by atoms with E-state index in [2.05, 4.69) is 47.5 Å². The fourth-order valence-corrected chi connectivity index (χ4v) is 2.24. The van der Waals surface area contributed by atoms with Crippen LogP contribution in [0.25, 0.3) is 0 Å². The van der Waals surface area contributed by atoms with E-state index in [0.717, 1.165) is 14.5 Å². The van der Waals surface area contributed by atoms with Crippen LogP contribution >= 0.6 is 31.9 Å². The molecule has 1 heterocycles. The Morgan fingerprint density at radius 2 is 1.95 bits per heavy atom. The molecule has 1 aromatic carbocycles. The number of aromatic nitrogens is 1. The molecule has 0 aliphatic rings. The van der Waals surface area contributed by atoms with Gasteiger partial charge in [0.25, 0.3) is 0 Å². The molecular formula is C13H11Br2N3O. The summed E-state index contributed by atoms with van der Waals surface area (Å²) >= 11 is 6.71. The number of carbonyl (C=O) groups excluding carboxylic acids is 1. The van der Waals surface area contributed by atoms with E-state index in [-0.39, 0.29) is 6.03 Å². The lowest BCUT2D eigenvalue weighted by molar-refractivity contribution is 0.251. The van der Waals surface area contributed by atoms with Crippen LogP contribution in [0.4, 0.5) is 10.6 Å². The summed E-state index contributed by atoms with van der Waals surface area (Å²) in [4.78, 5) is 15.7. The quantitative estimate of drug-likeness (QED) is 0.842. The highest BCUT2D eigenvalue weighted by molar-refractivity contribution is 9.10. The minimum Gasteiger partial charge on any atom is -0.334 e. The van der Waals surface area contributed by atoms with E-state index >= 15 is 0 Å². The van der Waals surface area contributed by atoms with Crippen molar-refractivity contribution < 1.29 is 4.79 Å². The van der Waals surface area contributed by atoms with Crippen molar-refractivity contribution >= 4 is 43.7 Å². The third kappa shape index (κ3) is 4.65. The molecule has 19 heavy (non-hydrogen) atoms. The smallest absolute Gasteiger partial charge is 0.320 e. The van der Waals surface area contributed by atoms with Crippen LogP contribution in [0.5, 0.6) is 0 Å². The zero-order chi connectivity index (χ0) is 13.7. The van der Waals surface area contributed by atoms with Crippen LogP contribution in [0.3, 0.4) is 0 Å². The monoisotopic (exact) mass is 383 g/mol. The minimum atomic E-state index is -0.287. The average Bonchev–Trinajstić information content (AvgIpc) is 2.36.